The van der Waals surface area contributed by atoms with Crippen molar-refractivity contribution in [3.63, 3.8) is 0 Å². The molecule has 12 heavy (non-hydrogen) atoms. The molecule has 1 rings (SSSR count). The molecule has 0 radical (unpaired) electrons. The molecule has 0 unspecified atom stereocenters. The summed E-state index contributed by atoms with van der Waals surface area (Å²) >= 11 is 0. The molecular formula is C10H17NO. The first-order valence-electron chi connectivity index (χ1n) is 4.40. The van der Waals surface area contributed by atoms with Gasteiger partial charge < -0.3 is 10.0 Å². The maximum Gasteiger partial charge on any atom is 0.130 e. The van der Waals surface area contributed by atoms with Crippen molar-refractivity contribution in [2.24, 2.45) is 5.92 Å². The number of piperidine rings is 1. The smallest absolute Gasteiger partial charge is 0.130 e. The van der Waals surface area contributed by atoms with Crippen LogP contribution in [-0.4, -0.2) is 35.2 Å². The summed E-state index contributed by atoms with van der Waals surface area (Å²) in [6.07, 6.45) is 6.00. The van der Waals surface area contributed by atoms with Crippen LogP contribution < -0.4 is 0 Å². The maximum atomic E-state index is 9.97. The standard InChI is InChI=1S/C10H17NO/c1-5-10(12)6-9(3)11(4)7-8(10)2/h1,8-9,12H,6-7H2,2-4H3/t8-,9-,10+/m1/s1. The Morgan fingerprint density at radius 3 is 2.67 bits per heavy atom. The highest BCUT2D eigenvalue weighted by molar-refractivity contribution is 5.13. The summed E-state index contributed by atoms with van der Waals surface area (Å²) in [7, 11) is 2.07. The van der Waals surface area contributed by atoms with Crippen LogP contribution in [-0.2, 0) is 0 Å². The fraction of sp³-hybridized carbons (Fsp3) is 0.800. The molecule has 1 fully saturated rings. The molecule has 0 amide bonds. The zero-order valence-electron chi connectivity index (χ0n) is 8.04. The fourth-order valence-corrected chi connectivity index (χ4v) is 1.77. The molecule has 68 valence electrons. The van der Waals surface area contributed by atoms with E-state index in [2.05, 4.69) is 24.8 Å². The van der Waals surface area contributed by atoms with E-state index in [4.69, 9.17) is 6.42 Å². The van der Waals surface area contributed by atoms with E-state index in [0.29, 0.717) is 12.5 Å². The average Bonchev–Trinajstić information content (AvgIpc) is 2.01. The predicted octanol–water partition coefficient (Wildman–Crippen LogP) is 0.711. The third-order valence-electron chi connectivity index (χ3n) is 2.99. The van der Waals surface area contributed by atoms with E-state index in [0.717, 1.165) is 6.54 Å². The van der Waals surface area contributed by atoms with Crippen molar-refractivity contribution in [3.05, 3.63) is 0 Å². The minimum absolute atomic E-state index is 0.170. The molecule has 0 aromatic rings. The van der Waals surface area contributed by atoms with Crippen molar-refractivity contribution in [1.29, 1.82) is 0 Å². The molecule has 0 aromatic carbocycles. The lowest BCUT2D eigenvalue weighted by atomic mass is 9.80. The molecule has 2 nitrogen and oxygen atoms in total. The fourth-order valence-electron chi connectivity index (χ4n) is 1.77. The Labute approximate surface area is 74.6 Å². The Morgan fingerprint density at radius 1 is 1.58 bits per heavy atom. The van der Waals surface area contributed by atoms with Crippen LogP contribution in [0.3, 0.4) is 0 Å². The van der Waals surface area contributed by atoms with E-state index >= 15 is 0 Å². The lowest BCUT2D eigenvalue weighted by Crippen LogP contribution is -2.52. The van der Waals surface area contributed by atoms with E-state index in [-0.39, 0.29) is 5.92 Å². The molecule has 1 N–H and O–H groups in total. The van der Waals surface area contributed by atoms with Crippen LogP contribution in [0.25, 0.3) is 0 Å². The van der Waals surface area contributed by atoms with Crippen molar-refractivity contribution in [3.8, 4) is 12.3 Å². The molecule has 0 bridgehead atoms. The maximum absolute atomic E-state index is 9.97. The molecule has 0 saturated carbocycles. The van der Waals surface area contributed by atoms with Gasteiger partial charge in [-0.15, -0.1) is 6.42 Å². The molecule has 1 heterocycles. The second-order valence-corrected chi connectivity index (χ2v) is 3.96. The number of terminal acetylenes is 1. The number of rotatable bonds is 0. The van der Waals surface area contributed by atoms with E-state index in [1.165, 1.54) is 0 Å². The van der Waals surface area contributed by atoms with Crippen LogP contribution >= 0.6 is 0 Å². The highest BCUT2D eigenvalue weighted by Gasteiger charge is 2.39. The number of hydrogen-bond donors (Lipinski definition) is 1. The van der Waals surface area contributed by atoms with Crippen LogP contribution in [0.15, 0.2) is 0 Å². The van der Waals surface area contributed by atoms with Crippen LogP contribution in [0.4, 0.5) is 0 Å². The second-order valence-electron chi connectivity index (χ2n) is 3.96. The highest BCUT2D eigenvalue weighted by Crippen LogP contribution is 2.29. The van der Waals surface area contributed by atoms with Crippen LogP contribution in [0, 0.1) is 18.3 Å². The van der Waals surface area contributed by atoms with Gasteiger partial charge in [-0.25, -0.2) is 0 Å². The lowest BCUT2D eigenvalue weighted by Gasteiger charge is -2.42. The molecule has 0 aromatic heterocycles. The Balaban J connectivity index is 2.76. The second kappa shape index (κ2) is 3.08. The first-order chi connectivity index (χ1) is 5.49. The molecule has 3 atom stereocenters. The minimum Gasteiger partial charge on any atom is -0.377 e. The zero-order chi connectivity index (χ0) is 9.35. The lowest BCUT2D eigenvalue weighted by molar-refractivity contribution is -0.0345. The van der Waals surface area contributed by atoms with Crippen molar-refractivity contribution < 1.29 is 5.11 Å². The summed E-state index contributed by atoms with van der Waals surface area (Å²) in [5, 5.41) is 9.97. The van der Waals surface area contributed by atoms with Crippen LogP contribution in [0.2, 0.25) is 0 Å². The predicted molar refractivity (Wildman–Crippen MR) is 49.7 cm³/mol. The summed E-state index contributed by atoms with van der Waals surface area (Å²) in [6, 6.07) is 0.377. The van der Waals surface area contributed by atoms with Gasteiger partial charge in [-0.3, -0.25) is 0 Å². The molecule has 1 saturated heterocycles. The normalized spacial score (nSPS) is 43.9. The summed E-state index contributed by atoms with van der Waals surface area (Å²) in [4.78, 5) is 2.23. The molecule has 1 aliphatic heterocycles. The Kier molecular flexibility index (Phi) is 2.46. The first kappa shape index (κ1) is 9.57. The Hall–Kier alpha value is -0.520. The van der Waals surface area contributed by atoms with Gasteiger partial charge in [0.15, 0.2) is 0 Å². The van der Waals surface area contributed by atoms with Crippen molar-refractivity contribution in [2.45, 2.75) is 31.9 Å². The number of aliphatic hydroxyl groups is 1. The largest absolute Gasteiger partial charge is 0.377 e. The highest BCUT2D eigenvalue weighted by atomic mass is 16.3. The number of nitrogens with zero attached hydrogens (tertiary/aromatic N) is 1. The molecular weight excluding hydrogens is 150 g/mol. The zero-order valence-corrected chi connectivity index (χ0v) is 8.04. The van der Waals surface area contributed by atoms with Crippen LogP contribution in [0.5, 0.6) is 0 Å². The topological polar surface area (TPSA) is 23.5 Å². The van der Waals surface area contributed by atoms with Gasteiger partial charge in [0, 0.05) is 24.9 Å². The summed E-state index contributed by atoms with van der Waals surface area (Å²) in [6.45, 7) is 4.97. The van der Waals surface area contributed by atoms with Gasteiger partial charge >= 0.3 is 0 Å². The number of likely N-dealkylation sites (tertiary alicyclic amines) is 1. The number of hydrogen-bond acceptors (Lipinski definition) is 2. The van der Waals surface area contributed by atoms with Gasteiger partial charge in [0.25, 0.3) is 0 Å². The molecule has 2 heteroatoms. The SMILES string of the molecule is C#C[C@]1(O)C[C@@H](C)N(C)C[C@H]1C. The van der Waals surface area contributed by atoms with Gasteiger partial charge in [0.1, 0.15) is 5.60 Å². The summed E-state index contributed by atoms with van der Waals surface area (Å²) in [5.74, 6) is 2.68. The Morgan fingerprint density at radius 2 is 2.17 bits per heavy atom. The van der Waals surface area contributed by atoms with Crippen molar-refractivity contribution in [1.82, 2.24) is 4.90 Å². The third kappa shape index (κ3) is 1.48. The van der Waals surface area contributed by atoms with Crippen molar-refractivity contribution in [2.75, 3.05) is 13.6 Å². The first-order valence-corrected chi connectivity index (χ1v) is 4.40. The van der Waals surface area contributed by atoms with Crippen LogP contribution in [0.1, 0.15) is 20.3 Å². The van der Waals surface area contributed by atoms with Gasteiger partial charge in [-0.1, -0.05) is 12.8 Å². The third-order valence-corrected chi connectivity index (χ3v) is 2.99. The quantitative estimate of drug-likeness (QED) is 0.537. The monoisotopic (exact) mass is 167 g/mol. The Bertz CT molecular complexity index is 208. The van der Waals surface area contributed by atoms with E-state index in [9.17, 15) is 5.11 Å². The summed E-state index contributed by atoms with van der Waals surface area (Å²) in [5.41, 5.74) is -0.883. The van der Waals surface area contributed by atoms with Crippen molar-refractivity contribution >= 4 is 0 Å². The van der Waals surface area contributed by atoms with E-state index < -0.39 is 5.60 Å². The summed E-state index contributed by atoms with van der Waals surface area (Å²) < 4.78 is 0. The van der Waals surface area contributed by atoms with E-state index in [1.54, 1.807) is 0 Å². The average molecular weight is 167 g/mol. The molecule has 1 aliphatic rings. The van der Waals surface area contributed by atoms with Gasteiger partial charge in [-0.05, 0) is 14.0 Å². The van der Waals surface area contributed by atoms with Gasteiger partial charge in [0.2, 0.25) is 0 Å². The molecule has 0 aliphatic carbocycles. The minimum atomic E-state index is -0.883. The van der Waals surface area contributed by atoms with Gasteiger partial charge in [0.05, 0.1) is 0 Å². The molecule has 0 spiro atoms. The van der Waals surface area contributed by atoms with E-state index in [1.807, 2.05) is 6.92 Å². The van der Waals surface area contributed by atoms with Gasteiger partial charge in [-0.2, -0.15) is 0 Å².